The Kier molecular flexibility index (Phi) is 7.64. The zero-order valence-corrected chi connectivity index (χ0v) is 17.8. The number of hydrogen-bond donors (Lipinski definition) is 1. The first-order valence-corrected chi connectivity index (χ1v) is 9.93. The Bertz CT molecular complexity index is 964. The van der Waals surface area contributed by atoms with Gasteiger partial charge in [0.05, 0.1) is 23.2 Å². The van der Waals surface area contributed by atoms with E-state index in [9.17, 15) is 24.5 Å². The molecule has 2 heterocycles. The summed E-state index contributed by atoms with van der Waals surface area (Å²) >= 11 is 0.929. The predicted molar refractivity (Wildman–Crippen MR) is 108 cm³/mol. The normalized spacial score (nSPS) is 10.7. The topological polar surface area (TPSA) is 143 Å². The highest BCUT2D eigenvalue weighted by Crippen LogP contribution is 2.34. The van der Waals surface area contributed by atoms with Crippen LogP contribution < -0.4 is 5.32 Å². The number of carbonyl (C=O) groups is 3. The molecule has 0 aliphatic carbocycles. The minimum atomic E-state index is -0.660. The Labute approximate surface area is 176 Å². The summed E-state index contributed by atoms with van der Waals surface area (Å²) in [7, 11) is 0. The second kappa shape index (κ2) is 9.96. The van der Waals surface area contributed by atoms with Gasteiger partial charge in [-0.05, 0) is 33.3 Å². The SMILES string of the molecule is CCOC(=O)c1sc(NC(=O)CCn2cc([N+](=O)[O-])cn2)c(C(=O)OC(C)C)c1C. The van der Waals surface area contributed by atoms with Gasteiger partial charge in [0.1, 0.15) is 22.3 Å². The van der Waals surface area contributed by atoms with E-state index in [1.165, 1.54) is 10.9 Å². The van der Waals surface area contributed by atoms with Crippen LogP contribution >= 0.6 is 11.3 Å². The number of esters is 2. The van der Waals surface area contributed by atoms with Crippen molar-refractivity contribution in [2.45, 2.75) is 46.8 Å². The van der Waals surface area contributed by atoms with Crippen molar-refractivity contribution < 1.29 is 28.8 Å². The third kappa shape index (κ3) is 5.63. The fourth-order valence-electron chi connectivity index (χ4n) is 2.49. The van der Waals surface area contributed by atoms with Gasteiger partial charge < -0.3 is 14.8 Å². The van der Waals surface area contributed by atoms with E-state index in [0.29, 0.717) is 5.56 Å². The van der Waals surface area contributed by atoms with E-state index in [1.54, 1.807) is 27.7 Å². The molecule has 0 unspecified atom stereocenters. The summed E-state index contributed by atoms with van der Waals surface area (Å²) in [6.07, 6.45) is 1.87. The molecule has 0 aliphatic heterocycles. The van der Waals surface area contributed by atoms with Gasteiger partial charge in [-0.15, -0.1) is 11.3 Å². The lowest BCUT2D eigenvalue weighted by molar-refractivity contribution is -0.385. The number of amides is 1. The number of rotatable bonds is 9. The van der Waals surface area contributed by atoms with Gasteiger partial charge in [-0.25, -0.2) is 9.59 Å². The van der Waals surface area contributed by atoms with Crippen LogP contribution in [0.4, 0.5) is 10.7 Å². The molecule has 0 aliphatic rings. The number of hydrogen-bond acceptors (Lipinski definition) is 9. The highest BCUT2D eigenvalue weighted by Gasteiger charge is 2.28. The summed E-state index contributed by atoms with van der Waals surface area (Å²) in [5.41, 5.74) is 0.281. The Morgan fingerprint density at radius 2 is 2.03 bits per heavy atom. The van der Waals surface area contributed by atoms with Gasteiger partial charge >= 0.3 is 17.6 Å². The van der Waals surface area contributed by atoms with E-state index in [-0.39, 0.29) is 46.8 Å². The highest BCUT2D eigenvalue weighted by atomic mass is 32.1. The van der Waals surface area contributed by atoms with E-state index < -0.39 is 22.8 Å². The number of nitro groups is 1. The molecule has 1 amide bonds. The first-order chi connectivity index (χ1) is 14.1. The van der Waals surface area contributed by atoms with Crippen molar-refractivity contribution in [1.29, 1.82) is 0 Å². The van der Waals surface area contributed by atoms with Crippen LogP contribution in [0.2, 0.25) is 0 Å². The molecule has 30 heavy (non-hydrogen) atoms. The second-order valence-electron chi connectivity index (χ2n) is 6.45. The summed E-state index contributed by atoms with van der Waals surface area (Å²) in [5, 5.41) is 17.3. The van der Waals surface area contributed by atoms with Gasteiger partial charge in [0, 0.05) is 13.0 Å². The van der Waals surface area contributed by atoms with E-state index in [4.69, 9.17) is 9.47 Å². The zero-order chi connectivity index (χ0) is 22.4. The third-order valence-corrected chi connectivity index (χ3v) is 4.99. The lowest BCUT2D eigenvalue weighted by atomic mass is 10.1. The standard InChI is InChI=1S/C18H22N4O7S/c1-5-28-18(25)15-11(4)14(17(24)29-10(2)3)16(30-15)20-13(23)6-7-21-9-12(8-19-21)22(26)27/h8-10H,5-7H2,1-4H3,(H,20,23). The molecule has 12 heteroatoms. The van der Waals surface area contributed by atoms with Crippen molar-refractivity contribution in [3.63, 3.8) is 0 Å². The number of ether oxygens (including phenoxy) is 2. The molecule has 2 aromatic heterocycles. The number of nitrogens with one attached hydrogen (secondary N) is 1. The van der Waals surface area contributed by atoms with E-state index in [1.807, 2.05) is 0 Å². The van der Waals surface area contributed by atoms with Crippen LogP contribution in [0.15, 0.2) is 12.4 Å². The molecule has 1 N–H and O–H groups in total. The first-order valence-electron chi connectivity index (χ1n) is 9.12. The van der Waals surface area contributed by atoms with Crippen molar-refractivity contribution in [3.8, 4) is 0 Å². The van der Waals surface area contributed by atoms with Gasteiger partial charge in [0.15, 0.2) is 0 Å². The number of anilines is 1. The summed E-state index contributed by atoms with van der Waals surface area (Å²) in [6, 6.07) is 0. The average Bonchev–Trinajstić information content (AvgIpc) is 3.24. The Morgan fingerprint density at radius 3 is 2.60 bits per heavy atom. The molecule has 162 valence electrons. The molecule has 2 aromatic rings. The largest absolute Gasteiger partial charge is 0.462 e. The number of carbonyl (C=O) groups excluding carboxylic acids is 3. The smallest absolute Gasteiger partial charge is 0.348 e. The number of aromatic nitrogens is 2. The fourth-order valence-corrected chi connectivity index (χ4v) is 3.59. The maximum absolute atomic E-state index is 12.5. The Balaban J connectivity index is 2.19. The quantitative estimate of drug-likeness (QED) is 0.358. The number of aryl methyl sites for hydroxylation is 1. The second-order valence-corrected chi connectivity index (χ2v) is 7.47. The molecular formula is C18H22N4O7S. The first kappa shape index (κ1) is 23.0. The highest BCUT2D eigenvalue weighted by molar-refractivity contribution is 7.18. The molecule has 11 nitrogen and oxygen atoms in total. The minimum Gasteiger partial charge on any atom is -0.462 e. The zero-order valence-electron chi connectivity index (χ0n) is 17.0. The van der Waals surface area contributed by atoms with E-state index >= 15 is 0 Å². The third-order valence-electron chi connectivity index (χ3n) is 3.81. The summed E-state index contributed by atoms with van der Waals surface area (Å²) < 4.78 is 11.5. The molecule has 0 bridgehead atoms. The Hall–Kier alpha value is -3.28. The van der Waals surface area contributed by atoms with Gasteiger partial charge in [0.2, 0.25) is 5.91 Å². The van der Waals surface area contributed by atoms with Crippen LogP contribution in [0.5, 0.6) is 0 Å². The molecule has 2 rings (SSSR count). The monoisotopic (exact) mass is 438 g/mol. The molecular weight excluding hydrogens is 416 g/mol. The lowest BCUT2D eigenvalue weighted by Crippen LogP contribution is -2.18. The van der Waals surface area contributed by atoms with Crippen molar-refractivity contribution in [1.82, 2.24) is 9.78 Å². The fraction of sp³-hybridized carbons (Fsp3) is 0.444. The average molecular weight is 438 g/mol. The summed E-state index contributed by atoms with van der Waals surface area (Å²) in [5.74, 6) is -1.71. The molecule has 0 fully saturated rings. The molecule has 0 radical (unpaired) electrons. The van der Waals surface area contributed by atoms with Gasteiger partial charge in [-0.2, -0.15) is 5.10 Å². The van der Waals surface area contributed by atoms with E-state index in [0.717, 1.165) is 17.5 Å². The molecule has 0 aromatic carbocycles. The maximum Gasteiger partial charge on any atom is 0.348 e. The van der Waals surface area contributed by atoms with Crippen LogP contribution in [-0.4, -0.2) is 45.3 Å². The van der Waals surface area contributed by atoms with Crippen molar-refractivity contribution in [2.75, 3.05) is 11.9 Å². The van der Waals surface area contributed by atoms with Gasteiger partial charge in [0.25, 0.3) is 0 Å². The molecule has 0 saturated carbocycles. The van der Waals surface area contributed by atoms with Crippen molar-refractivity contribution >= 4 is 39.9 Å². The van der Waals surface area contributed by atoms with Gasteiger partial charge in [-0.3, -0.25) is 19.6 Å². The van der Waals surface area contributed by atoms with Crippen LogP contribution in [0.25, 0.3) is 0 Å². The lowest BCUT2D eigenvalue weighted by Gasteiger charge is -2.10. The van der Waals surface area contributed by atoms with Crippen molar-refractivity contribution in [2.24, 2.45) is 0 Å². The molecule has 0 spiro atoms. The van der Waals surface area contributed by atoms with Gasteiger partial charge in [-0.1, -0.05) is 0 Å². The predicted octanol–water partition coefficient (Wildman–Crippen LogP) is 2.93. The summed E-state index contributed by atoms with van der Waals surface area (Å²) in [4.78, 5) is 47.4. The van der Waals surface area contributed by atoms with Crippen LogP contribution in [0.1, 0.15) is 52.8 Å². The summed E-state index contributed by atoms with van der Waals surface area (Å²) in [6.45, 7) is 6.89. The van der Waals surface area contributed by atoms with Crippen LogP contribution in [-0.2, 0) is 20.8 Å². The Morgan fingerprint density at radius 1 is 1.33 bits per heavy atom. The minimum absolute atomic E-state index is 0.0524. The number of nitrogens with zero attached hydrogens (tertiary/aromatic N) is 3. The maximum atomic E-state index is 12.5. The van der Waals surface area contributed by atoms with E-state index in [2.05, 4.69) is 10.4 Å². The van der Waals surface area contributed by atoms with Crippen LogP contribution in [0, 0.1) is 17.0 Å². The van der Waals surface area contributed by atoms with Crippen LogP contribution in [0.3, 0.4) is 0 Å². The number of thiophene rings is 1. The molecule has 0 saturated heterocycles. The van der Waals surface area contributed by atoms with Crippen molar-refractivity contribution in [3.05, 3.63) is 38.5 Å². The molecule has 0 atom stereocenters.